The average molecular weight is 345 g/mol. The lowest BCUT2D eigenvalue weighted by molar-refractivity contribution is 0.381. The molecule has 7 heteroatoms. The van der Waals surface area contributed by atoms with Crippen molar-refractivity contribution < 1.29 is 21.9 Å². The predicted octanol–water partition coefficient (Wildman–Crippen LogP) is 4.07. The van der Waals surface area contributed by atoms with Crippen LogP contribution >= 0.6 is 11.6 Å². The molecule has 0 atom stereocenters. The van der Waals surface area contributed by atoms with E-state index in [4.69, 9.17) is 16.3 Å². The lowest BCUT2D eigenvalue weighted by Gasteiger charge is -2.13. The third-order valence-electron chi connectivity index (χ3n) is 2.99. The number of ether oxygens (including phenoxy) is 1. The molecule has 0 aromatic heterocycles. The molecule has 0 radical (unpaired) electrons. The number of hydrogen-bond acceptors (Lipinski definition) is 3. The molecular formula is C15H11ClF2O3S. The number of rotatable bonds is 4. The van der Waals surface area contributed by atoms with Gasteiger partial charge in [-0.25, -0.2) is 17.2 Å². The van der Waals surface area contributed by atoms with Crippen LogP contribution in [0.5, 0.6) is 5.75 Å². The summed E-state index contributed by atoms with van der Waals surface area (Å²) in [7, 11) is -3.01. The van der Waals surface area contributed by atoms with Crippen LogP contribution in [0.15, 0.2) is 47.9 Å². The van der Waals surface area contributed by atoms with Crippen LogP contribution in [0.1, 0.15) is 5.56 Å². The Labute approximate surface area is 131 Å². The van der Waals surface area contributed by atoms with Crippen molar-refractivity contribution in [1.82, 2.24) is 0 Å². The molecule has 2 aromatic rings. The van der Waals surface area contributed by atoms with Crippen molar-refractivity contribution in [3.63, 3.8) is 0 Å². The van der Waals surface area contributed by atoms with Crippen LogP contribution in [-0.2, 0) is 9.84 Å². The van der Waals surface area contributed by atoms with Crippen LogP contribution in [-0.4, -0.2) is 15.5 Å². The second kappa shape index (κ2) is 6.06. The predicted molar refractivity (Wildman–Crippen MR) is 80.6 cm³/mol. The molecule has 0 spiro atoms. The molecule has 0 saturated carbocycles. The van der Waals surface area contributed by atoms with E-state index in [2.05, 4.69) is 6.58 Å². The summed E-state index contributed by atoms with van der Waals surface area (Å²) >= 11 is 5.71. The Bertz CT molecular complexity index is 831. The first-order chi connectivity index (χ1) is 10.3. The van der Waals surface area contributed by atoms with Crippen molar-refractivity contribution in [1.29, 1.82) is 0 Å². The van der Waals surface area contributed by atoms with Crippen molar-refractivity contribution >= 4 is 26.3 Å². The van der Waals surface area contributed by atoms with Crippen LogP contribution in [0, 0.1) is 11.6 Å². The highest BCUT2D eigenvalue weighted by Crippen LogP contribution is 2.36. The van der Waals surface area contributed by atoms with Gasteiger partial charge in [0.2, 0.25) is 9.84 Å². The standard InChI is InChI=1S/C15H11ClF2O3S/c1-9(14-12(17)7-8-13(18)15(14)21-2)22(19,20)11-5-3-10(16)4-6-11/h3-8H,1H2,2H3. The molecule has 2 rings (SSSR count). The van der Waals surface area contributed by atoms with Gasteiger partial charge in [0.25, 0.3) is 0 Å². The Morgan fingerprint density at radius 3 is 2.18 bits per heavy atom. The Kier molecular flexibility index (Phi) is 4.53. The molecule has 0 amide bonds. The smallest absolute Gasteiger partial charge is 0.206 e. The minimum Gasteiger partial charge on any atom is -0.493 e. The van der Waals surface area contributed by atoms with Crippen LogP contribution < -0.4 is 4.74 Å². The summed E-state index contributed by atoms with van der Waals surface area (Å²) < 4.78 is 57.4. The van der Waals surface area contributed by atoms with E-state index in [1.807, 2.05) is 0 Å². The summed E-state index contributed by atoms with van der Waals surface area (Å²) in [5.41, 5.74) is -0.530. The molecule has 0 bridgehead atoms. The minimum absolute atomic E-state index is 0.132. The topological polar surface area (TPSA) is 43.4 Å². The van der Waals surface area contributed by atoms with Crippen LogP contribution in [0.3, 0.4) is 0 Å². The van der Waals surface area contributed by atoms with Gasteiger partial charge in [0, 0.05) is 5.02 Å². The summed E-state index contributed by atoms with van der Waals surface area (Å²) in [5.74, 6) is -2.34. The maximum Gasteiger partial charge on any atom is 0.206 e. The van der Waals surface area contributed by atoms with E-state index in [9.17, 15) is 17.2 Å². The van der Waals surface area contributed by atoms with E-state index in [0.717, 1.165) is 19.2 Å². The highest BCUT2D eigenvalue weighted by molar-refractivity contribution is 8.00. The van der Waals surface area contributed by atoms with Crippen LogP contribution in [0.2, 0.25) is 5.02 Å². The molecular weight excluding hydrogens is 334 g/mol. The fraction of sp³-hybridized carbons (Fsp3) is 0.0667. The molecule has 3 nitrogen and oxygen atoms in total. The number of methoxy groups -OCH3 is 1. The fourth-order valence-electron chi connectivity index (χ4n) is 1.88. The highest BCUT2D eigenvalue weighted by Gasteiger charge is 2.27. The van der Waals surface area contributed by atoms with Gasteiger partial charge in [-0.05, 0) is 36.4 Å². The van der Waals surface area contributed by atoms with Crippen LogP contribution in [0.25, 0.3) is 4.91 Å². The molecule has 0 saturated heterocycles. The summed E-state index contributed by atoms with van der Waals surface area (Å²) in [6.45, 7) is 3.40. The second-order valence-electron chi connectivity index (χ2n) is 4.32. The zero-order valence-corrected chi connectivity index (χ0v) is 13.0. The molecule has 22 heavy (non-hydrogen) atoms. The van der Waals surface area contributed by atoms with Crippen molar-refractivity contribution in [3.05, 3.63) is 65.2 Å². The molecule has 116 valence electrons. The van der Waals surface area contributed by atoms with E-state index in [1.165, 1.54) is 24.3 Å². The molecule has 0 N–H and O–H groups in total. The van der Waals surface area contributed by atoms with E-state index >= 15 is 0 Å². The van der Waals surface area contributed by atoms with Crippen LogP contribution in [0.4, 0.5) is 8.78 Å². The number of halogens is 3. The van der Waals surface area contributed by atoms with Gasteiger partial charge in [0.15, 0.2) is 11.6 Å². The van der Waals surface area contributed by atoms with Gasteiger partial charge >= 0.3 is 0 Å². The molecule has 0 aliphatic heterocycles. The van der Waals surface area contributed by atoms with Gasteiger partial charge < -0.3 is 4.74 Å². The zero-order valence-electron chi connectivity index (χ0n) is 11.4. The van der Waals surface area contributed by atoms with E-state index in [1.54, 1.807) is 0 Å². The van der Waals surface area contributed by atoms with Gasteiger partial charge in [-0.2, -0.15) is 0 Å². The Hall–Kier alpha value is -1.92. The van der Waals surface area contributed by atoms with Gasteiger partial charge in [0.05, 0.1) is 22.5 Å². The van der Waals surface area contributed by atoms with Crippen molar-refractivity contribution in [2.75, 3.05) is 7.11 Å². The molecule has 0 unspecified atom stereocenters. The van der Waals surface area contributed by atoms with Gasteiger partial charge in [-0.3, -0.25) is 0 Å². The lowest BCUT2D eigenvalue weighted by Crippen LogP contribution is -2.07. The largest absolute Gasteiger partial charge is 0.493 e. The van der Waals surface area contributed by atoms with E-state index in [0.29, 0.717) is 5.02 Å². The summed E-state index contributed by atoms with van der Waals surface area (Å²) in [6, 6.07) is 6.93. The maximum absolute atomic E-state index is 14.0. The first kappa shape index (κ1) is 16.5. The maximum atomic E-state index is 14.0. The van der Waals surface area contributed by atoms with Crippen molar-refractivity contribution in [3.8, 4) is 5.75 Å². The van der Waals surface area contributed by atoms with Crippen molar-refractivity contribution in [2.24, 2.45) is 0 Å². The monoisotopic (exact) mass is 344 g/mol. The average Bonchev–Trinajstić information content (AvgIpc) is 2.49. The first-order valence-corrected chi connectivity index (χ1v) is 7.87. The Morgan fingerprint density at radius 2 is 1.64 bits per heavy atom. The zero-order chi connectivity index (χ0) is 16.5. The summed E-state index contributed by atoms with van der Waals surface area (Å²) in [6.07, 6.45) is 0. The minimum atomic E-state index is -4.12. The third kappa shape index (κ3) is 2.84. The quantitative estimate of drug-likeness (QED) is 0.839. The fourth-order valence-corrected chi connectivity index (χ4v) is 3.25. The molecule has 0 aliphatic rings. The van der Waals surface area contributed by atoms with Gasteiger partial charge in [0.1, 0.15) is 5.82 Å². The third-order valence-corrected chi connectivity index (χ3v) is 4.99. The highest BCUT2D eigenvalue weighted by atomic mass is 35.5. The normalized spacial score (nSPS) is 11.3. The van der Waals surface area contributed by atoms with Gasteiger partial charge in [-0.15, -0.1) is 0 Å². The molecule has 0 heterocycles. The lowest BCUT2D eigenvalue weighted by atomic mass is 10.1. The SMILES string of the molecule is C=C(c1c(F)ccc(F)c1OC)S(=O)(=O)c1ccc(Cl)cc1. The Balaban J connectivity index is 2.61. The first-order valence-electron chi connectivity index (χ1n) is 6.01. The molecule has 2 aromatic carbocycles. The number of benzene rings is 2. The van der Waals surface area contributed by atoms with E-state index in [-0.39, 0.29) is 4.90 Å². The van der Waals surface area contributed by atoms with Crippen molar-refractivity contribution in [2.45, 2.75) is 4.90 Å². The number of sulfone groups is 1. The second-order valence-corrected chi connectivity index (χ2v) is 6.73. The summed E-state index contributed by atoms with van der Waals surface area (Å²) in [4.78, 5) is -0.726. The van der Waals surface area contributed by atoms with Gasteiger partial charge in [-0.1, -0.05) is 18.2 Å². The molecule has 0 aliphatic carbocycles. The Morgan fingerprint density at radius 1 is 1.09 bits per heavy atom. The molecule has 0 fully saturated rings. The summed E-state index contributed by atoms with van der Waals surface area (Å²) in [5, 5.41) is 0.346. The number of hydrogen-bond donors (Lipinski definition) is 0. The van der Waals surface area contributed by atoms with E-state index < -0.39 is 37.7 Å².